The molecule has 5 atom stereocenters. The first-order valence-electron chi connectivity index (χ1n) is 6.85. The Hall–Kier alpha value is -0.680. The molecule has 0 amide bonds. The molecule has 0 spiro atoms. The van der Waals surface area contributed by atoms with Crippen LogP contribution in [0.3, 0.4) is 0 Å². The first-order chi connectivity index (χ1) is 10.9. The predicted molar refractivity (Wildman–Crippen MR) is 88.1 cm³/mol. The van der Waals surface area contributed by atoms with Gasteiger partial charge in [-0.05, 0) is 28.1 Å². The zero-order valence-corrected chi connectivity index (χ0v) is 14.9. The van der Waals surface area contributed by atoms with Crippen LogP contribution in [0.25, 0.3) is 10.9 Å². The summed E-state index contributed by atoms with van der Waals surface area (Å²) < 4.78 is 12.6. The van der Waals surface area contributed by atoms with Crippen LogP contribution >= 0.6 is 31.9 Å². The van der Waals surface area contributed by atoms with Crippen molar-refractivity contribution in [3.8, 4) is 5.75 Å². The molecule has 1 fully saturated rings. The molecule has 9 heteroatoms. The number of hydrogen-bond donors (Lipinski definition) is 5. The summed E-state index contributed by atoms with van der Waals surface area (Å²) >= 11 is 6.83. The molecule has 23 heavy (non-hydrogen) atoms. The summed E-state index contributed by atoms with van der Waals surface area (Å²) in [5.74, 6) is 0.406. The topological polar surface area (TPSA) is 115 Å². The molecule has 0 unspecified atom stereocenters. The molecule has 0 saturated carbocycles. The number of aromatic nitrogens is 1. The van der Waals surface area contributed by atoms with Crippen molar-refractivity contribution in [3.05, 3.63) is 27.3 Å². The number of halogens is 2. The Bertz CT molecular complexity index is 706. The van der Waals surface area contributed by atoms with Crippen LogP contribution in [-0.2, 0) is 4.74 Å². The number of hydrogen-bond acceptors (Lipinski definition) is 6. The third kappa shape index (κ3) is 3.14. The number of aliphatic hydroxyl groups is 4. The number of benzene rings is 1. The average molecular weight is 453 g/mol. The molecule has 1 aromatic heterocycles. The highest BCUT2D eigenvalue weighted by molar-refractivity contribution is 9.11. The van der Waals surface area contributed by atoms with Crippen LogP contribution in [0, 0.1) is 0 Å². The van der Waals surface area contributed by atoms with Gasteiger partial charge in [0.2, 0.25) is 6.29 Å². The highest BCUT2D eigenvalue weighted by Crippen LogP contribution is 2.36. The smallest absolute Gasteiger partial charge is 0.229 e. The molecule has 3 rings (SSSR count). The van der Waals surface area contributed by atoms with Crippen molar-refractivity contribution in [3.63, 3.8) is 0 Å². The van der Waals surface area contributed by atoms with Gasteiger partial charge >= 0.3 is 0 Å². The Kier molecular flexibility index (Phi) is 4.98. The molecule has 0 bridgehead atoms. The van der Waals surface area contributed by atoms with Gasteiger partial charge in [-0.25, -0.2) is 0 Å². The van der Waals surface area contributed by atoms with Crippen molar-refractivity contribution in [1.29, 1.82) is 0 Å². The lowest BCUT2D eigenvalue weighted by atomic mass is 9.99. The number of rotatable bonds is 3. The van der Waals surface area contributed by atoms with Gasteiger partial charge in [0.15, 0.2) is 0 Å². The normalized spacial score (nSPS) is 31.5. The Balaban J connectivity index is 1.89. The van der Waals surface area contributed by atoms with Crippen LogP contribution in [0.15, 0.2) is 27.3 Å². The lowest BCUT2D eigenvalue weighted by Gasteiger charge is -2.39. The van der Waals surface area contributed by atoms with Crippen LogP contribution < -0.4 is 4.74 Å². The summed E-state index contributed by atoms with van der Waals surface area (Å²) in [7, 11) is 0. The number of aromatic amines is 1. The van der Waals surface area contributed by atoms with E-state index in [0.717, 1.165) is 19.8 Å². The number of H-pyrrole nitrogens is 1. The molecule has 0 aliphatic carbocycles. The Morgan fingerprint density at radius 2 is 1.87 bits per heavy atom. The van der Waals surface area contributed by atoms with Gasteiger partial charge in [0.05, 0.1) is 17.5 Å². The largest absolute Gasteiger partial charge is 0.460 e. The molecule has 2 aromatic rings. The summed E-state index contributed by atoms with van der Waals surface area (Å²) in [6.07, 6.45) is -4.98. The molecule has 7 nitrogen and oxygen atoms in total. The van der Waals surface area contributed by atoms with Gasteiger partial charge in [-0.1, -0.05) is 15.9 Å². The van der Waals surface area contributed by atoms with E-state index in [4.69, 9.17) is 9.47 Å². The molecule has 5 N–H and O–H groups in total. The van der Waals surface area contributed by atoms with Crippen LogP contribution in [0.5, 0.6) is 5.75 Å². The zero-order valence-electron chi connectivity index (χ0n) is 11.7. The molecule has 1 aromatic carbocycles. The van der Waals surface area contributed by atoms with Gasteiger partial charge in [0, 0.05) is 15.1 Å². The van der Waals surface area contributed by atoms with Crippen molar-refractivity contribution in [2.24, 2.45) is 0 Å². The Morgan fingerprint density at radius 3 is 2.57 bits per heavy atom. The van der Waals surface area contributed by atoms with E-state index in [1.165, 1.54) is 0 Å². The molecule has 1 aliphatic heterocycles. The van der Waals surface area contributed by atoms with Crippen molar-refractivity contribution in [2.75, 3.05) is 6.61 Å². The highest BCUT2D eigenvalue weighted by Gasteiger charge is 2.44. The fourth-order valence-corrected chi connectivity index (χ4v) is 3.96. The standard InChI is InChI=1S/C14H15Br2NO6/c15-5-1-6(16)10-7(2-5)17-3-8(10)22-14-13(21)12(20)11(19)9(4-18)23-14/h1-3,9,11-14,17-21H,4H2/t9-,11-,12+,13-,14-/m1/s1. The van der Waals surface area contributed by atoms with E-state index in [2.05, 4.69) is 36.8 Å². The van der Waals surface area contributed by atoms with E-state index < -0.39 is 37.3 Å². The van der Waals surface area contributed by atoms with E-state index in [-0.39, 0.29) is 0 Å². The fourth-order valence-electron chi connectivity index (χ4n) is 2.54. The molecule has 0 radical (unpaired) electrons. The first kappa shape index (κ1) is 17.2. The minimum absolute atomic E-state index is 0.406. The van der Waals surface area contributed by atoms with Crippen LogP contribution in [0.4, 0.5) is 0 Å². The van der Waals surface area contributed by atoms with Gasteiger partial charge in [-0.3, -0.25) is 0 Å². The summed E-state index contributed by atoms with van der Waals surface area (Å²) in [6.45, 7) is -0.505. The summed E-state index contributed by atoms with van der Waals surface area (Å²) in [6, 6.07) is 3.70. The minimum Gasteiger partial charge on any atom is -0.460 e. The summed E-state index contributed by atoms with van der Waals surface area (Å²) in [4.78, 5) is 3.04. The quantitative estimate of drug-likeness (QED) is 0.472. The maximum absolute atomic E-state index is 10.0. The predicted octanol–water partition coefficient (Wildman–Crippen LogP) is 0.872. The van der Waals surface area contributed by atoms with Gasteiger partial charge in [-0.2, -0.15) is 0 Å². The molecular formula is C14H15Br2NO6. The summed E-state index contributed by atoms with van der Waals surface area (Å²) in [5.41, 5.74) is 0.797. The van der Waals surface area contributed by atoms with Gasteiger partial charge in [0.1, 0.15) is 30.2 Å². The second-order valence-corrected chi connectivity index (χ2v) is 7.05. The fraction of sp³-hybridized carbons (Fsp3) is 0.429. The third-order valence-corrected chi connectivity index (χ3v) is 4.83. The van der Waals surface area contributed by atoms with Crippen LogP contribution in [0.2, 0.25) is 0 Å². The minimum atomic E-state index is -1.48. The third-order valence-electron chi connectivity index (χ3n) is 3.75. The van der Waals surface area contributed by atoms with E-state index in [0.29, 0.717) is 5.75 Å². The molecule has 1 saturated heterocycles. The van der Waals surface area contributed by atoms with Crippen molar-refractivity contribution in [1.82, 2.24) is 4.98 Å². The first-order valence-corrected chi connectivity index (χ1v) is 8.44. The van der Waals surface area contributed by atoms with E-state index in [9.17, 15) is 20.4 Å². The van der Waals surface area contributed by atoms with E-state index in [1.54, 1.807) is 6.20 Å². The second kappa shape index (κ2) is 6.67. The van der Waals surface area contributed by atoms with Crippen LogP contribution in [-0.4, -0.2) is 62.7 Å². The number of aliphatic hydroxyl groups excluding tert-OH is 4. The van der Waals surface area contributed by atoms with Gasteiger partial charge in [0.25, 0.3) is 0 Å². The Morgan fingerprint density at radius 1 is 1.13 bits per heavy atom. The van der Waals surface area contributed by atoms with Gasteiger partial charge in [-0.15, -0.1) is 0 Å². The number of ether oxygens (including phenoxy) is 2. The van der Waals surface area contributed by atoms with Crippen molar-refractivity contribution < 1.29 is 29.9 Å². The highest BCUT2D eigenvalue weighted by atomic mass is 79.9. The summed E-state index contributed by atoms with van der Waals surface area (Å²) in [5, 5.41) is 39.6. The number of fused-ring (bicyclic) bond motifs is 1. The van der Waals surface area contributed by atoms with Crippen LogP contribution in [0.1, 0.15) is 0 Å². The van der Waals surface area contributed by atoms with Gasteiger partial charge < -0.3 is 34.9 Å². The lowest BCUT2D eigenvalue weighted by molar-refractivity contribution is -0.277. The molecule has 126 valence electrons. The molecule has 2 heterocycles. The maximum Gasteiger partial charge on any atom is 0.229 e. The lowest BCUT2D eigenvalue weighted by Crippen LogP contribution is -2.60. The molecular weight excluding hydrogens is 438 g/mol. The van der Waals surface area contributed by atoms with E-state index >= 15 is 0 Å². The maximum atomic E-state index is 10.0. The second-order valence-electron chi connectivity index (χ2n) is 5.28. The molecule has 1 aliphatic rings. The monoisotopic (exact) mass is 451 g/mol. The Labute approximate surface area is 148 Å². The average Bonchev–Trinajstić information content (AvgIpc) is 2.90. The SMILES string of the molecule is OC[C@H]1O[C@@H](Oc2c[nH]c3cc(Br)cc(Br)c23)[C@H](O)[C@@H](O)[C@@H]1O. The van der Waals surface area contributed by atoms with Crippen molar-refractivity contribution in [2.45, 2.75) is 30.7 Å². The zero-order chi connectivity index (χ0) is 16.7. The van der Waals surface area contributed by atoms with E-state index in [1.807, 2.05) is 12.1 Å². The van der Waals surface area contributed by atoms with Crippen molar-refractivity contribution >= 4 is 42.8 Å². The number of nitrogens with one attached hydrogen (secondary N) is 1.